The number of hydrogen-bond donors (Lipinski definition) is 1. The number of hydrazone groups is 1. The number of nitrogens with one attached hydrogen (secondary N) is 1. The number of H-pyrrole nitrogens is 1. The van der Waals surface area contributed by atoms with Crippen molar-refractivity contribution in [2.24, 2.45) is 5.10 Å². The van der Waals surface area contributed by atoms with Crippen LogP contribution in [0.3, 0.4) is 0 Å². The zero-order valence-corrected chi connectivity index (χ0v) is 8.77. The molecule has 0 saturated carbocycles. The van der Waals surface area contributed by atoms with Gasteiger partial charge in [-0.1, -0.05) is 24.0 Å². The van der Waals surface area contributed by atoms with Crippen molar-refractivity contribution >= 4 is 40.4 Å². The van der Waals surface area contributed by atoms with E-state index in [0.717, 1.165) is 5.69 Å². The Kier molecular flexibility index (Phi) is 2.64. The molecule has 4 nitrogen and oxygen atoms in total. The lowest BCUT2D eigenvalue weighted by atomic mass is 10.5. The Morgan fingerprint density at radius 1 is 1.71 bits per heavy atom. The summed E-state index contributed by atoms with van der Waals surface area (Å²) in [5.74, 6) is 0.323. The van der Waals surface area contributed by atoms with Crippen LogP contribution in [0.15, 0.2) is 23.4 Å². The number of amides is 1. The average molecular weight is 225 g/mol. The molecule has 1 aromatic rings. The highest BCUT2D eigenvalue weighted by atomic mass is 32.2. The number of thiocarbonyl (C=S) groups is 1. The Bertz CT molecular complexity index is 369. The number of thioether (sulfide) groups is 1. The summed E-state index contributed by atoms with van der Waals surface area (Å²) < 4.78 is 0.512. The van der Waals surface area contributed by atoms with Crippen molar-refractivity contribution in [3.8, 4) is 0 Å². The first-order valence-electron chi connectivity index (χ1n) is 3.94. The highest BCUT2D eigenvalue weighted by Gasteiger charge is 2.25. The molecule has 14 heavy (non-hydrogen) atoms. The first kappa shape index (κ1) is 9.42. The van der Waals surface area contributed by atoms with E-state index in [1.165, 1.54) is 16.8 Å². The maximum absolute atomic E-state index is 11.2. The number of nitrogens with zero attached hydrogens (tertiary/aromatic N) is 2. The number of carbonyl (C=O) groups is 1. The Balaban J connectivity index is 2.10. The molecule has 6 heteroatoms. The van der Waals surface area contributed by atoms with Crippen molar-refractivity contribution in [3.05, 3.63) is 24.0 Å². The quantitative estimate of drug-likeness (QED) is 0.608. The summed E-state index contributed by atoms with van der Waals surface area (Å²) in [5, 5.41) is 5.24. The zero-order chi connectivity index (χ0) is 9.97. The third-order valence-electron chi connectivity index (χ3n) is 1.66. The molecule has 0 aromatic carbocycles. The molecule has 2 heterocycles. The summed E-state index contributed by atoms with van der Waals surface area (Å²) in [4.78, 5) is 14.2. The number of carbonyl (C=O) groups excluding carboxylic acids is 1. The van der Waals surface area contributed by atoms with Gasteiger partial charge in [-0.3, -0.25) is 4.79 Å². The fourth-order valence-corrected chi connectivity index (χ4v) is 1.97. The van der Waals surface area contributed by atoms with Gasteiger partial charge in [-0.15, -0.1) is 0 Å². The topological polar surface area (TPSA) is 48.5 Å². The van der Waals surface area contributed by atoms with Crippen molar-refractivity contribution in [2.75, 3.05) is 5.75 Å². The van der Waals surface area contributed by atoms with Gasteiger partial charge < -0.3 is 4.98 Å². The van der Waals surface area contributed by atoms with Crippen LogP contribution < -0.4 is 0 Å². The Morgan fingerprint density at radius 3 is 3.14 bits per heavy atom. The van der Waals surface area contributed by atoms with E-state index in [1.54, 1.807) is 12.4 Å². The van der Waals surface area contributed by atoms with Crippen LogP contribution in [-0.4, -0.2) is 32.2 Å². The van der Waals surface area contributed by atoms with E-state index >= 15 is 0 Å². The van der Waals surface area contributed by atoms with Crippen LogP contribution in [0.5, 0.6) is 0 Å². The molecule has 1 aliphatic rings. The minimum atomic E-state index is -0.0668. The number of aromatic amines is 1. The van der Waals surface area contributed by atoms with Crippen LogP contribution in [0.2, 0.25) is 0 Å². The Morgan fingerprint density at radius 2 is 2.57 bits per heavy atom. The maximum atomic E-state index is 11.2. The van der Waals surface area contributed by atoms with E-state index in [2.05, 4.69) is 10.1 Å². The summed E-state index contributed by atoms with van der Waals surface area (Å²) in [5.41, 5.74) is 0.845. The first-order valence-corrected chi connectivity index (χ1v) is 5.34. The number of rotatable bonds is 2. The van der Waals surface area contributed by atoms with Crippen molar-refractivity contribution in [2.45, 2.75) is 0 Å². The van der Waals surface area contributed by atoms with Gasteiger partial charge in [0.25, 0.3) is 5.91 Å². The van der Waals surface area contributed by atoms with Gasteiger partial charge in [0.05, 0.1) is 17.7 Å². The van der Waals surface area contributed by atoms with Crippen LogP contribution >= 0.6 is 24.0 Å². The van der Waals surface area contributed by atoms with E-state index in [1.807, 2.05) is 12.1 Å². The molecule has 0 spiro atoms. The molecule has 1 fully saturated rings. The second-order valence-corrected chi connectivity index (χ2v) is 4.24. The third kappa shape index (κ3) is 1.85. The molecule has 0 atom stereocenters. The molecule has 1 amide bonds. The predicted octanol–water partition coefficient (Wildman–Crippen LogP) is 1.21. The predicted molar refractivity (Wildman–Crippen MR) is 60.3 cm³/mol. The second-order valence-electron chi connectivity index (χ2n) is 2.63. The lowest BCUT2D eigenvalue weighted by Crippen LogP contribution is -2.22. The monoisotopic (exact) mass is 225 g/mol. The van der Waals surface area contributed by atoms with E-state index in [9.17, 15) is 4.79 Å². The molecular weight excluding hydrogens is 218 g/mol. The molecule has 2 rings (SSSR count). The highest BCUT2D eigenvalue weighted by molar-refractivity contribution is 8.23. The van der Waals surface area contributed by atoms with Gasteiger partial charge in [0.15, 0.2) is 4.32 Å². The maximum Gasteiger partial charge on any atom is 0.259 e. The van der Waals surface area contributed by atoms with Gasteiger partial charge in [-0.2, -0.15) is 10.1 Å². The fraction of sp³-hybridized carbons (Fsp3) is 0.125. The zero-order valence-electron chi connectivity index (χ0n) is 7.14. The van der Waals surface area contributed by atoms with Crippen molar-refractivity contribution < 1.29 is 4.79 Å². The van der Waals surface area contributed by atoms with Gasteiger partial charge in [0, 0.05) is 6.20 Å². The second kappa shape index (κ2) is 3.93. The standard InChI is InChI=1S/C8H7N3OS2/c12-7-5-14-8(13)11(7)10-4-6-2-1-3-9-6/h1-4,9H,5H2. The fourth-order valence-electron chi connectivity index (χ4n) is 1.00. The van der Waals surface area contributed by atoms with Gasteiger partial charge in [-0.25, -0.2) is 0 Å². The summed E-state index contributed by atoms with van der Waals surface area (Å²) in [6.07, 6.45) is 3.37. The summed E-state index contributed by atoms with van der Waals surface area (Å²) >= 11 is 6.29. The SMILES string of the molecule is O=C1CSC(=S)N1N=Cc1ccc[nH]1. The summed E-state index contributed by atoms with van der Waals surface area (Å²) in [6.45, 7) is 0. The molecule has 0 bridgehead atoms. The number of hydrogen-bond acceptors (Lipinski definition) is 4. The molecule has 0 radical (unpaired) electrons. The minimum Gasteiger partial charge on any atom is -0.360 e. The first-order chi connectivity index (χ1) is 6.77. The van der Waals surface area contributed by atoms with E-state index in [-0.39, 0.29) is 5.91 Å². The van der Waals surface area contributed by atoms with Crippen LogP contribution in [0.25, 0.3) is 0 Å². The van der Waals surface area contributed by atoms with Gasteiger partial charge in [0.1, 0.15) is 0 Å². The minimum absolute atomic E-state index is 0.0668. The lowest BCUT2D eigenvalue weighted by molar-refractivity contribution is -0.123. The molecule has 0 aliphatic carbocycles. The van der Waals surface area contributed by atoms with E-state index < -0.39 is 0 Å². The van der Waals surface area contributed by atoms with E-state index in [4.69, 9.17) is 12.2 Å². The summed E-state index contributed by atoms with van der Waals surface area (Å²) in [6, 6.07) is 3.72. The van der Waals surface area contributed by atoms with Crippen LogP contribution in [0, 0.1) is 0 Å². The van der Waals surface area contributed by atoms with E-state index in [0.29, 0.717) is 10.1 Å². The highest BCUT2D eigenvalue weighted by Crippen LogP contribution is 2.19. The number of aromatic nitrogens is 1. The van der Waals surface area contributed by atoms with Gasteiger partial charge in [-0.05, 0) is 12.1 Å². The van der Waals surface area contributed by atoms with Crippen LogP contribution in [0.1, 0.15) is 5.69 Å². The van der Waals surface area contributed by atoms with Crippen LogP contribution in [-0.2, 0) is 4.79 Å². The van der Waals surface area contributed by atoms with Gasteiger partial charge >= 0.3 is 0 Å². The normalized spacial score (nSPS) is 17.3. The van der Waals surface area contributed by atoms with Crippen LogP contribution in [0.4, 0.5) is 0 Å². The third-order valence-corrected chi connectivity index (χ3v) is 3.00. The summed E-state index contributed by atoms with van der Waals surface area (Å²) in [7, 11) is 0. The van der Waals surface area contributed by atoms with Crippen molar-refractivity contribution in [1.29, 1.82) is 0 Å². The smallest absolute Gasteiger partial charge is 0.259 e. The molecule has 1 N–H and O–H groups in total. The van der Waals surface area contributed by atoms with Crippen molar-refractivity contribution in [3.63, 3.8) is 0 Å². The van der Waals surface area contributed by atoms with Gasteiger partial charge in [0.2, 0.25) is 0 Å². The average Bonchev–Trinajstić information content (AvgIpc) is 2.76. The van der Waals surface area contributed by atoms with Crippen molar-refractivity contribution in [1.82, 2.24) is 9.99 Å². The Hall–Kier alpha value is -1.14. The molecular formula is C8H7N3OS2. The lowest BCUT2D eigenvalue weighted by Gasteiger charge is -2.05. The Labute approximate surface area is 90.4 Å². The molecule has 1 saturated heterocycles. The molecule has 1 aromatic heterocycles. The molecule has 72 valence electrons. The molecule has 0 unspecified atom stereocenters. The molecule has 1 aliphatic heterocycles. The largest absolute Gasteiger partial charge is 0.360 e.